The van der Waals surface area contributed by atoms with E-state index in [0.29, 0.717) is 13.1 Å². The summed E-state index contributed by atoms with van der Waals surface area (Å²) in [5.41, 5.74) is 1.09. The van der Waals surface area contributed by atoms with E-state index < -0.39 is 5.97 Å². The summed E-state index contributed by atoms with van der Waals surface area (Å²) < 4.78 is 0. The van der Waals surface area contributed by atoms with E-state index in [1.165, 1.54) is 12.1 Å². The van der Waals surface area contributed by atoms with Crippen LogP contribution in [-0.2, 0) is 6.54 Å². The van der Waals surface area contributed by atoms with Gasteiger partial charge in [0.1, 0.15) is 0 Å². The maximum absolute atomic E-state index is 11.6. The molecule has 0 bridgehead atoms. The molecule has 0 aliphatic rings. The quantitative estimate of drug-likeness (QED) is 0.729. The normalized spacial score (nSPS) is 12.0. The molecule has 0 fully saturated rings. The van der Waals surface area contributed by atoms with Gasteiger partial charge in [0.25, 0.3) is 0 Å². The van der Waals surface area contributed by atoms with Crippen molar-refractivity contribution in [3.63, 3.8) is 0 Å². The Morgan fingerprint density at radius 2 is 1.80 bits per heavy atom. The zero-order valence-electron chi connectivity index (χ0n) is 12.0. The number of likely N-dealkylation sites (N-methyl/N-ethyl adjacent to an activating group) is 1. The number of urea groups is 1. The molecule has 1 unspecified atom stereocenters. The molecular formula is C14H21N3O3. The maximum Gasteiger partial charge on any atom is 0.335 e. The standard InChI is InChI=1S/C14H21N3O3/c1-10(17(2)3)8-15-14(20)16-9-11-4-6-12(7-5-11)13(18)19/h4-7,10H,8-9H2,1-3H3,(H,18,19)(H2,15,16,20). The summed E-state index contributed by atoms with van der Waals surface area (Å²) in [6.45, 7) is 2.95. The van der Waals surface area contributed by atoms with E-state index >= 15 is 0 Å². The minimum absolute atomic E-state index is 0.234. The molecule has 0 saturated carbocycles. The third-order valence-electron chi connectivity index (χ3n) is 3.09. The highest BCUT2D eigenvalue weighted by atomic mass is 16.4. The Morgan fingerprint density at radius 1 is 1.20 bits per heavy atom. The molecule has 0 aromatic heterocycles. The van der Waals surface area contributed by atoms with Crippen molar-refractivity contribution in [3.05, 3.63) is 35.4 Å². The first-order valence-corrected chi connectivity index (χ1v) is 6.40. The van der Waals surface area contributed by atoms with Gasteiger partial charge in [0.2, 0.25) is 0 Å². The summed E-state index contributed by atoms with van der Waals surface area (Å²) in [6, 6.07) is 6.44. The molecule has 0 heterocycles. The first-order valence-electron chi connectivity index (χ1n) is 6.40. The van der Waals surface area contributed by atoms with Crippen LogP contribution in [0.1, 0.15) is 22.8 Å². The number of benzene rings is 1. The molecule has 1 atom stereocenters. The molecule has 1 aromatic rings. The fourth-order valence-corrected chi connectivity index (χ4v) is 1.43. The van der Waals surface area contributed by atoms with Gasteiger partial charge in [-0.05, 0) is 38.7 Å². The lowest BCUT2D eigenvalue weighted by Gasteiger charge is -2.20. The van der Waals surface area contributed by atoms with E-state index in [1.807, 2.05) is 25.9 Å². The van der Waals surface area contributed by atoms with Gasteiger partial charge in [-0.25, -0.2) is 9.59 Å². The van der Waals surface area contributed by atoms with Crippen LogP contribution < -0.4 is 10.6 Å². The van der Waals surface area contributed by atoms with Crippen molar-refractivity contribution in [3.8, 4) is 0 Å². The van der Waals surface area contributed by atoms with Crippen LogP contribution >= 0.6 is 0 Å². The van der Waals surface area contributed by atoms with E-state index in [4.69, 9.17) is 5.11 Å². The molecule has 20 heavy (non-hydrogen) atoms. The molecule has 1 rings (SSSR count). The lowest BCUT2D eigenvalue weighted by molar-refractivity contribution is 0.0697. The second-order valence-corrected chi connectivity index (χ2v) is 4.88. The molecule has 6 heteroatoms. The van der Waals surface area contributed by atoms with E-state index in [0.717, 1.165) is 5.56 Å². The summed E-state index contributed by atoms with van der Waals surface area (Å²) in [4.78, 5) is 24.3. The molecule has 0 aliphatic carbocycles. The van der Waals surface area contributed by atoms with Crippen molar-refractivity contribution < 1.29 is 14.7 Å². The minimum atomic E-state index is -0.958. The summed E-state index contributed by atoms with van der Waals surface area (Å²) in [5, 5.41) is 14.3. The molecule has 110 valence electrons. The minimum Gasteiger partial charge on any atom is -0.478 e. The number of carbonyl (C=O) groups is 2. The van der Waals surface area contributed by atoms with Crippen LogP contribution in [0.3, 0.4) is 0 Å². The molecule has 1 aromatic carbocycles. The van der Waals surface area contributed by atoms with Gasteiger partial charge in [0, 0.05) is 19.1 Å². The lowest BCUT2D eigenvalue weighted by atomic mass is 10.1. The third kappa shape index (κ3) is 5.27. The fourth-order valence-electron chi connectivity index (χ4n) is 1.43. The summed E-state index contributed by atoms with van der Waals surface area (Å²) >= 11 is 0. The molecule has 2 amide bonds. The average Bonchev–Trinajstić information content (AvgIpc) is 2.42. The number of nitrogens with one attached hydrogen (secondary N) is 2. The first-order chi connectivity index (χ1) is 9.40. The van der Waals surface area contributed by atoms with Gasteiger partial charge in [0.05, 0.1) is 5.56 Å². The summed E-state index contributed by atoms with van der Waals surface area (Å²) in [5.74, 6) is -0.958. The maximum atomic E-state index is 11.6. The zero-order valence-corrected chi connectivity index (χ0v) is 12.0. The highest BCUT2D eigenvalue weighted by Gasteiger charge is 2.07. The predicted octanol–water partition coefficient (Wildman–Crippen LogP) is 1.13. The molecule has 6 nitrogen and oxygen atoms in total. The van der Waals surface area contributed by atoms with Crippen LogP contribution in [-0.4, -0.2) is 48.7 Å². The van der Waals surface area contributed by atoms with Crippen molar-refractivity contribution in [1.82, 2.24) is 15.5 Å². The van der Waals surface area contributed by atoms with Crippen LogP contribution in [0.2, 0.25) is 0 Å². The third-order valence-corrected chi connectivity index (χ3v) is 3.09. The zero-order chi connectivity index (χ0) is 15.1. The number of carboxylic acid groups (broad SMARTS) is 1. The Hall–Kier alpha value is -2.08. The highest BCUT2D eigenvalue weighted by molar-refractivity contribution is 5.87. The average molecular weight is 279 g/mol. The van der Waals surface area contributed by atoms with Crippen molar-refractivity contribution >= 4 is 12.0 Å². The fraction of sp³-hybridized carbons (Fsp3) is 0.429. The summed E-state index contributed by atoms with van der Waals surface area (Å²) in [6.07, 6.45) is 0. The van der Waals surface area contributed by atoms with E-state index in [-0.39, 0.29) is 17.6 Å². The number of hydrogen-bond acceptors (Lipinski definition) is 3. The van der Waals surface area contributed by atoms with Crippen LogP contribution in [0.5, 0.6) is 0 Å². The Morgan fingerprint density at radius 3 is 2.30 bits per heavy atom. The van der Waals surface area contributed by atoms with E-state index in [9.17, 15) is 9.59 Å². The summed E-state index contributed by atoms with van der Waals surface area (Å²) in [7, 11) is 3.91. The monoisotopic (exact) mass is 279 g/mol. The van der Waals surface area contributed by atoms with Gasteiger partial charge in [-0.3, -0.25) is 0 Å². The van der Waals surface area contributed by atoms with Gasteiger partial charge in [-0.15, -0.1) is 0 Å². The van der Waals surface area contributed by atoms with E-state index in [1.54, 1.807) is 12.1 Å². The second-order valence-electron chi connectivity index (χ2n) is 4.88. The Bertz CT molecular complexity index is 457. The molecule has 0 aliphatic heterocycles. The smallest absolute Gasteiger partial charge is 0.335 e. The first kappa shape index (κ1) is 16.0. The van der Waals surface area contributed by atoms with Crippen molar-refractivity contribution in [2.45, 2.75) is 19.5 Å². The Labute approximate surface area is 118 Å². The highest BCUT2D eigenvalue weighted by Crippen LogP contribution is 2.04. The number of hydrogen-bond donors (Lipinski definition) is 3. The van der Waals surface area contributed by atoms with Crippen molar-refractivity contribution in [2.24, 2.45) is 0 Å². The van der Waals surface area contributed by atoms with Gasteiger partial charge in [0.15, 0.2) is 0 Å². The van der Waals surface area contributed by atoms with Crippen LogP contribution in [0, 0.1) is 0 Å². The van der Waals surface area contributed by atoms with Gasteiger partial charge < -0.3 is 20.6 Å². The van der Waals surface area contributed by atoms with Crippen LogP contribution in [0.15, 0.2) is 24.3 Å². The molecular weight excluding hydrogens is 258 g/mol. The van der Waals surface area contributed by atoms with Gasteiger partial charge in [-0.2, -0.15) is 0 Å². The largest absolute Gasteiger partial charge is 0.478 e. The number of amides is 2. The topological polar surface area (TPSA) is 81.7 Å². The molecule has 0 saturated heterocycles. The molecule has 0 spiro atoms. The van der Waals surface area contributed by atoms with Crippen molar-refractivity contribution in [2.75, 3.05) is 20.6 Å². The van der Waals surface area contributed by atoms with Crippen molar-refractivity contribution in [1.29, 1.82) is 0 Å². The predicted molar refractivity (Wildman–Crippen MR) is 76.8 cm³/mol. The number of carbonyl (C=O) groups excluding carboxylic acids is 1. The number of nitrogens with zero attached hydrogens (tertiary/aromatic N) is 1. The van der Waals surface area contributed by atoms with E-state index in [2.05, 4.69) is 10.6 Å². The number of aromatic carboxylic acids is 1. The number of rotatable bonds is 6. The Balaban J connectivity index is 2.35. The van der Waals surface area contributed by atoms with Gasteiger partial charge in [-0.1, -0.05) is 12.1 Å². The second kappa shape index (κ2) is 7.49. The lowest BCUT2D eigenvalue weighted by Crippen LogP contribution is -2.42. The van der Waals surface area contributed by atoms with Crippen LogP contribution in [0.4, 0.5) is 4.79 Å². The molecule has 3 N–H and O–H groups in total. The SMILES string of the molecule is CC(CNC(=O)NCc1ccc(C(=O)O)cc1)N(C)C. The number of carboxylic acids is 1. The molecule has 0 radical (unpaired) electrons. The Kier molecular flexibility index (Phi) is 5.99. The van der Waals surface area contributed by atoms with Gasteiger partial charge >= 0.3 is 12.0 Å². The van der Waals surface area contributed by atoms with Crippen LogP contribution in [0.25, 0.3) is 0 Å².